The van der Waals surface area contributed by atoms with Crippen LogP contribution in [0.15, 0.2) is 64.2 Å². The number of hydrogen-bond donors (Lipinski definition) is 2. The third-order valence-electron chi connectivity index (χ3n) is 5.71. The van der Waals surface area contributed by atoms with Crippen LogP contribution in [0.25, 0.3) is 0 Å². The number of hydrogen-bond acceptors (Lipinski definition) is 6. The van der Waals surface area contributed by atoms with Crippen LogP contribution in [-0.2, 0) is 14.1 Å². The van der Waals surface area contributed by atoms with E-state index < -0.39 is 17.0 Å². The summed E-state index contributed by atoms with van der Waals surface area (Å²) in [5.41, 5.74) is 6.44. The number of carbonyl (C=O) groups is 2. The number of anilines is 2. The lowest BCUT2D eigenvalue weighted by atomic mass is 10.1. The van der Waals surface area contributed by atoms with Crippen LogP contribution in [0.2, 0.25) is 0 Å². The van der Waals surface area contributed by atoms with Crippen molar-refractivity contribution in [2.45, 2.75) is 13.0 Å². The predicted molar refractivity (Wildman–Crippen MR) is 128 cm³/mol. The van der Waals surface area contributed by atoms with Gasteiger partial charge in [0.15, 0.2) is 5.78 Å². The molecule has 33 heavy (non-hydrogen) atoms. The Balaban J connectivity index is 1.77. The fourth-order valence-corrected chi connectivity index (χ4v) is 3.49. The largest absolute Gasteiger partial charge is 0.384 e. The van der Waals surface area contributed by atoms with Crippen molar-refractivity contribution in [1.29, 1.82) is 0 Å². The van der Waals surface area contributed by atoms with Crippen LogP contribution in [0, 0.1) is 0 Å². The molecule has 0 radical (unpaired) electrons. The SMILES string of the molecule is CC(c1cccc(NC(=O)c2ccccc2)c1)N(C)CC(=O)c1c(N)n(C)c(=O)n(C)c1=O. The third-order valence-corrected chi connectivity index (χ3v) is 5.71. The van der Waals surface area contributed by atoms with Crippen molar-refractivity contribution in [3.8, 4) is 0 Å². The average Bonchev–Trinajstić information content (AvgIpc) is 2.81. The van der Waals surface area contributed by atoms with Crippen molar-refractivity contribution in [1.82, 2.24) is 14.0 Å². The molecule has 9 nitrogen and oxygen atoms in total. The van der Waals surface area contributed by atoms with E-state index in [9.17, 15) is 19.2 Å². The summed E-state index contributed by atoms with van der Waals surface area (Å²) < 4.78 is 1.95. The molecule has 1 amide bonds. The second kappa shape index (κ2) is 9.66. The fourth-order valence-electron chi connectivity index (χ4n) is 3.49. The number of nitrogens with one attached hydrogen (secondary N) is 1. The van der Waals surface area contributed by atoms with Gasteiger partial charge in [-0.3, -0.25) is 28.4 Å². The summed E-state index contributed by atoms with van der Waals surface area (Å²) in [6.45, 7) is 1.83. The molecule has 0 aliphatic carbocycles. The standard InChI is InChI=1S/C24H27N5O4/c1-15(17-11-8-12-18(13-17)26-22(31)16-9-6-5-7-10-16)27(2)14-19(30)20-21(25)28(3)24(33)29(4)23(20)32/h5-13,15H,14,25H2,1-4H3,(H,26,31). The molecule has 1 aromatic heterocycles. The van der Waals surface area contributed by atoms with E-state index in [-0.39, 0.29) is 29.9 Å². The summed E-state index contributed by atoms with van der Waals surface area (Å²) in [6.07, 6.45) is 0. The first-order valence-corrected chi connectivity index (χ1v) is 10.4. The van der Waals surface area contributed by atoms with E-state index in [0.29, 0.717) is 11.3 Å². The van der Waals surface area contributed by atoms with Crippen molar-refractivity contribution < 1.29 is 9.59 Å². The van der Waals surface area contributed by atoms with E-state index >= 15 is 0 Å². The number of likely N-dealkylation sites (N-methyl/N-ethyl adjacent to an activating group) is 1. The van der Waals surface area contributed by atoms with Crippen molar-refractivity contribution in [2.75, 3.05) is 24.6 Å². The van der Waals surface area contributed by atoms with Gasteiger partial charge < -0.3 is 11.1 Å². The summed E-state index contributed by atoms with van der Waals surface area (Å²) in [7, 11) is 4.47. The molecular formula is C24H27N5O4. The van der Waals surface area contributed by atoms with E-state index in [2.05, 4.69) is 5.32 Å². The van der Waals surface area contributed by atoms with Crippen LogP contribution >= 0.6 is 0 Å². The van der Waals surface area contributed by atoms with Crippen LogP contribution in [-0.4, -0.2) is 39.3 Å². The maximum Gasteiger partial charge on any atom is 0.332 e. The number of nitrogens with zero attached hydrogens (tertiary/aromatic N) is 3. The summed E-state index contributed by atoms with van der Waals surface area (Å²) in [5, 5.41) is 2.87. The molecule has 0 aliphatic heterocycles. The smallest absolute Gasteiger partial charge is 0.332 e. The van der Waals surface area contributed by atoms with Gasteiger partial charge in [-0.25, -0.2) is 4.79 Å². The topological polar surface area (TPSA) is 119 Å². The van der Waals surface area contributed by atoms with Gasteiger partial charge in [-0.1, -0.05) is 30.3 Å². The number of amides is 1. The highest BCUT2D eigenvalue weighted by atomic mass is 16.2. The minimum absolute atomic E-state index is 0.0839. The highest BCUT2D eigenvalue weighted by molar-refractivity contribution is 6.04. The third kappa shape index (κ3) is 4.93. The molecule has 3 aromatic rings. The molecule has 3 rings (SSSR count). The van der Waals surface area contributed by atoms with Gasteiger partial charge in [-0.15, -0.1) is 0 Å². The predicted octanol–water partition coefficient (Wildman–Crippen LogP) is 1.79. The second-order valence-electron chi connectivity index (χ2n) is 7.93. The molecule has 1 unspecified atom stereocenters. The fraction of sp³-hybridized carbons (Fsp3) is 0.250. The summed E-state index contributed by atoms with van der Waals surface area (Å²) in [4.78, 5) is 51.6. The monoisotopic (exact) mass is 449 g/mol. The van der Waals surface area contributed by atoms with Crippen LogP contribution in [0.3, 0.4) is 0 Å². The van der Waals surface area contributed by atoms with E-state index in [0.717, 1.165) is 14.7 Å². The Morgan fingerprint density at radius 3 is 2.36 bits per heavy atom. The number of nitrogens with two attached hydrogens (primary N) is 1. The van der Waals surface area contributed by atoms with Gasteiger partial charge >= 0.3 is 5.69 Å². The lowest BCUT2D eigenvalue weighted by Gasteiger charge is -2.25. The van der Waals surface area contributed by atoms with Crippen molar-refractivity contribution >= 4 is 23.2 Å². The van der Waals surface area contributed by atoms with Crippen LogP contribution < -0.4 is 22.3 Å². The molecule has 9 heteroatoms. The maximum absolute atomic E-state index is 12.9. The number of benzene rings is 2. The zero-order valence-electron chi connectivity index (χ0n) is 19.0. The van der Waals surface area contributed by atoms with Gasteiger partial charge in [0.2, 0.25) is 0 Å². The molecule has 0 bridgehead atoms. The number of ketones is 1. The van der Waals surface area contributed by atoms with E-state index in [1.165, 1.54) is 14.1 Å². The normalized spacial score (nSPS) is 11.9. The summed E-state index contributed by atoms with van der Waals surface area (Å²) >= 11 is 0. The molecule has 1 atom stereocenters. The van der Waals surface area contributed by atoms with E-state index in [1.807, 2.05) is 31.2 Å². The van der Waals surface area contributed by atoms with Gasteiger partial charge in [0.1, 0.15) is 11.4 Å². The first-order chi connectivity index (χ1) is 15.6. The highest BCUT2D eigenvalue weighted by Gasteiger charge is 2.23. The number of carbonyl (C=O) groups excluding carboxylic acids is 2. The van der Waals surface area contributed by atoms with Gasteiger partial charge in [-0.05, 0) is 43.8 Å². The Kier molecular flexibility index (Phi) is 6.93. The van der Waals surface area contributed by atoms with Crippen molar-refractivity contribution in [3.63, 3.8) is 0 Å². The molecule has 1 heterocycles. The molecule has 0 saturated heterocycles. The minimum Gasteiger partial charge on any atom is -0.384 e. The van der Waals surface area contributed by atoms with Gasteiger partial charge in [0.25, 0.3) is 11.5 Å². The first-order valence-electron chi connectivity index (χ1n) is 10.4. The lowest BCUT2D eigenvalue weighted by Crippen LogP contribution is -2.43. The molecule has 0 aliphatic rings. The Morgan fingerprint density at radius 2 is 1.70 bits per heavy atom. The van der Waals surface area contributed by atoms with Gasteiger partial charge in [-0.2, -0.15) is 0 Å². The van der Waals surface area contributed by atoms with Crippen molar-refractivity contribution in [2.24, 2.45) is 14.1 Å². The molecule has 0 saturated carbocycles. The number of rotatable bonds is 7. The average molecular weight is 450 g/mol. The van der Waals surface area contributed by atoms with Crippen LogP contribution in [0.1, 0.15) is 39.2 Å². The van der Waals surface area contributed by atoms with Gasteiger partial charge in [0.05, 0.1) is 6.54 Å². The van der Waals surface area contributed by atoms with Crippen LogP contribution in [0.5, 0.6) is 0 Å². The number of nitrogen functional groups attached to an aromatic ring is 1. The Hall–Kier alpha value is -3.98. The first kappa shape index (κ1) is 23.7. The summed E-state index contributed by atoms with van der Waals surface area (Å²) in [5.74, 6) is -0.851. The Labute approximate surface area is 191 Å². The van der Waals surface area contributed by atoms with Crippen molar-refractivity contribution in [3.05, 3.63) is 92.1 Å². The molecular weight excluding hydrogens is 422 g/mol. The minimum atomic E-state index is -0.715. The molecule has 172 valence electrons. The zero-order chi connectivity index (χ0) is 24.3. The Morgan fingerprint density at radius 1 is 1.03 bits per heavy atom. The van der Waals surface area contributed by atoms with Crippen LogP contribution in [0.4, 0.5) is 11.5 Å². The number of aromatic nitrogens is 2. The molecule has 3 N–H and O–H groups in total. The maximum atomic E-state index is 12.9. The van der Waals surface area contributed by atoms with E-state index in [4.69, 9.17) is 5.73 Å². The molecule has 2 aromatic carbocycles. The van der Waals surface area contributed by atoms with E-state index in [1.54, 1.807) is 42.3 Å². The van der Waals surface area contributed by atoms with Gasteiger partial charge in [0, 0.05) is 31.4 Å². The zero-order valence-corrected chi connectivity index (χ0v) is 19.0. The quantitative estimate of drug-likeness (QED) is 0.531. The highest BCUT2D eigenvalue weighted by Crippen LogP contribution is 2.23. The summed E-state index contributed by atoms with van der Waals surface area (Å²) in [6, 6.07) is 16.0. The Bertz CT molecular complexity index is 1310. The number of Topliss-reactive ketones (excluding diaryl/α,β-unsaturated/α-hetero) is 1. The molecule has 0 fully saturated rings. The molecule has 0 spiro atoms. The second-order valence-corrected chi connectivity index (χ2v) is 7.93. The lowest BCUT2D eigenvalue weighted by molar-refractivity contribution is 0.0922.